The molecule has 1 atom stereocenters. The Balaban J connectivity index is 2.56. The zero-order chi connectivity index (χ0) is 11.8. The second-order valence-corrected chi connectivity index (χ2v) is 3.44. The molecule has 0 aliphatic rings. The van der Waals surface area contributed by atoms with Crippen LogP contribution in [-0.2, 0) is 0 Å². The summed E-state index contributed by atoms with van der Waals surface area (Å²) in [5, 5.41) is 17.8. The highest BCUT2D eigenvalue weighted by Crippen LogP contribution is 2.26. The van der Waals surface area contributed by atoms with Gasteiger partial charge >= 0.3 is 0 Å². The lowest BCUT2D eigenvalue weighted by Gasteiger charge is -2.13. The topological polar surface area (TPSA) is 58.9 Å². The highest BCUT2D eigenvalue weighted by Gasteiger charge is 2.07. The number of aliphatic hydroxyl groups is 2. The molecule has 0 aliphatic heterocycles. The molecule has 2 N–H and O–H groups in total. The summed E-state index contributed by atoms with van der Waals surface area (Å²) in [5.74, 6) is 1.25. The van der Waals surface area contributed by atoms with Gasteiger partial charge in [-0.15, -0.1) is 0 Å². The molecule has 0 saturated heterocycles. The first-order chi connectivity index (χ1) is 7.77. The molecule has 4 heteroatoms. The fourth-order valence-electron chi connectivity index (χ4n) is 1.14. The Morgan fingerprint density at radius 3 is 2.38 bits per heavy atom. The zero-order valence-electron chi connectivity index (χ0n) is 9.43. The lowest BCUT2D eigenvalue weighted by atomic mass is 10.3. The van der Waals surface area contributed by atoms with E-state index in [0.717, 1.165) is 6.42 Å². The Labute approximate surface area is 95.4 Å². The molecule has 0 fully saturated rings. The number of rotatable bonds is 7. The molecule has 90 valence electrons. The van der Waals surface area contributed by atoms with Crippen LogP contribution in [-0.4, -0.2) is 36.1 Å². The van der Waals surface area contributed by atoms with Crippen molar-refractivity contribution in [2.45, 2.75) is 19.4 Å². The predicted molar refractivity (Wildman–Crippen MR) is 60.8 cm³/mol. The summed E-state index contributed by atoms with van der Waals surface area (Å²) in [5.41, 5.74) is 0. The van der Waals surface area contributed by atoms with Gasteiger partial charge in [-0.05, 0) is 18.6 Å². The van der Waals surface area contributed by atoms with E-state index >= 15 is 0 Å². The number of para-hydroxylation sites is 2. The third kappa shape index (κ3) is 4.08. The van der Waals surface area contributed by atoms with Crippen molar-refractivity contribution in [2.24, 2.45) is 0 Å². The van der Waals surface area contributed by atoms with Gasteiger partial charge in [0.1, 0.15) is 12.7 Å². The molecule has 0 heterocycles. The van der Waals surface area contributed by atoms with Crippen LogP contribution in [0.3, 0.4) is 0 Å². The first kappa shape index (κ1) is 12.8. The molecule has 0 unspecified atom stereocenters. The second kappa shape index (κ2) is 7.09. The molecule has 0 aliphatic carbocycles. The first-order valence-corrected chi connectivity index (χ1v) is 5.41. The van der Waals surface area contributed by atoms with Crippen LogP contribution < -0.4 is 9.47 Å². The van der Waals surface area contributed by atoms with Gasteiger partial charge in [0.15, 0.2) is 11.5 Å². The highest BCUT2D eigenvalue weighted by atomic mass is 16.5. The molecular formula is C12H18O4. The van der Waals surface area contributed by atoms with E-state index in [9.17, 15) is 5.11 Å². The van der Waals surface area contributed by atoms with E-state index in [1.165, 1.54) is 0 Å². The normalized spacial score (nSPS) is 12.2. The van der Waals surface area contributed by atoms with Crippen molar-refractivity contribution < 1.29 is 19.7 Å². The number of ether oxygens (including phenoxy) is 2. The van der Waals surface area contributed by atoms with Crippen LogP contribution in [0.4, 0.5) is 0 Å². The maximum Gasteiger partial charge on any atom is 0.161 e. The van der Waals surface area contributed by atoms with Gasteiger partial charge in [0, 0.05) is 0 Å². The van der Waals surface area contributed by atoms with Gasteiger partial charge in [0.05, 0.1) is 13.2 Å². The number of benzene rings is 1. The van der Waals surface area contributed by atoms with Gasteiger partial charge < -0.3 is 19.7 Å². The van der Waals surface area contributed by atoms with Crippen molar-refractivity contribution in [1.82, 2.24) is 0 Å². The molecule has 1 aromatic rings. The quantitative estimate of drug-likeness (QED) is 0.733. The monoisotopic (exact) mass is 226 g/mol. The third-order valence-corrected chi connectivity index (χ3v) is 1.95. The minimum atomic E-state index is -0.862. The average molecular weight is 226 g/mol. The van der Waals surface area contributed by atoms with E-state index < -0.39 is 6.10 Å². The van der Waals surface area contributed by atoms with Crippen molar-refractivity contribution in [1.29, 1.82) is 0 Å². The van der Waals surface area contributed by atoms with E-state index in [1.54, 1.807) is 6.07 Å². The number of aliphatic hydroxyl groups excluding tert-OH is 2. The molecule has 0 amide bonds. The summed E-state index contributed by atoms with van der Waals surface area (Å²) in [7, 11) is 0. The molecule has 0 saturated carbocycles. The number of hydrogen-bond donors (Lipinski definition) is 2. The number of hydrogen-bond acceptors (Lipinski definition) is 4. The molecule has 0 spiro atoms. The summed E-state index contributed by atoms with van der Waals surface area (Å²) < 4.78 is 10.8. The van der Waals surface area contributed by atoms with Crippen molar-refractivity contribution in [3.05, 3.63) is 24.3 Å². The minimum Gasteiger partial charge on any atom is -0.490 e. The summed E-state index contributed by atoms with van der Waals surface area (Å²) in [6, 6.07) is 7.28. The van der Waals surface area contributed by atoms with E-state index in [0.29, 0.717) is 18.1 Å². The maximum absolute atomic E-state index is 9.17. The van der Waals surface area contributed by atoms with Crippen LogP contribution in [0, 0.1) is 0 Å². The van der Waals surface area contributed by atoms with Crippen LogP contribution >= 0.6 is 0 Å². The maximum atomic E-state index is 9.17. The van der Waals surface area contributed by atoms with Crippen LogP contribution in [0.15, 0.2) is 24.3 Å². The van der Waals surface area contributed by atoms with Crippen LogP contribution in [0.5, 0.6) is 11.5 Å². The molecule has 0 aromatic heterocycles. The van der Waals surface area contributed by atoms with Gasteiger partial charge in [0.25, 0.3) is 0 Å². The molecule has 1 rings (SSSR count). The zero-order valence-corrected chi connectivity index (χ0v) is 9.43. The van der Waals surface area contributed by atoms with Gasteiger partial charge in [0.2, 0.25) is 0 Å². The Morgan fingerprint density at radius 1 is 1.19 bits per heavy atom. The molecule has 0 bridgehead atoms. The first-order valence-electron chi connectivity index (χ1n) is 5.41. The Hall–Kier alpha value is -1.26. The van der Waals surface area contributed by atoms with Gasteiger partial charge in [-0.3, -0.25) is 0 Å². The molecule has 1 aromatic carbocycles. The molecule has 16 heavy (non-hydrogen) atoms. The SMILES string of the molecule is CCCOc1ccccc1OC[C@@H](O)CO. The summed E-state index contributed by atoms with van der Waals surface area (Å²) in [6.07, 6.45) is 0.0624. The lowest BCUT2D eigenvalue weighted by Crippen LogP contribution is -2.21. The average Bonchev–Trinajstić information content (AvgIpc) is 2.34. The Kier molecular flexibility index (Phi) is 5.67. The van der Waals surface area contributed by atoms with Crippen LogP contribution in [0.1, 0.15) is 13.3 Å². The van der Waals surface area contributed by atoms with E-state index in [1.807, 2.05) is 25.1 Å². The summed E-state index contributed by atoms with van der Waals surface area (Å²) in [4.78, 5) is 0. The van der Waals surface area contributed by atoms with Crippen molar-refractivity contribution in [3.63, 3.8) is 0 Å². The highest BCUT2D eigenvalue weighted by molar-refractivity contribution is 5.39. The molecule has 0 radical (unpaired) electrons. The summed E-state index contributed by atoms with van der Waals surface area (Å²) >= 11 is 0. The largest absolute Gasteiger partial charge is 0.490 e. The fraction of sp³-hybridized carbons (Fsp3) is 0.500. The Morgan fingerprint density at radius 2 is 1.81 bits per heavy atom. The summed E-state index contributed by atoms with van der Waals surface area (Å²) in [6.45, 7) is 2.41. The third-order valence-electron chi connectivity index (χ3n) is 1.95. The van der Waals surface area contributed by atoms with Crippen LogP contribution in [0.2, 0.25) is 0 Å². The molecular weight excluding hydrogens is 208 g/mol. The standard InChI is InChI=1S/C12H18O4/c1-2-7-15-11-5-3-4-6-12(11)16-9-10(14)8-13/h3-6,10,13-14H,2,7-9H2,1H3/t10-/m0/s1. The fourth-order valence-corrected chi connectivity index (χ4v) is 1.14. The molecule has 4 nitrogen and oxygen atoms in total. The predicted octanol–water partition coefficient (Wildman–Crippen LogP) is 1.21. The van der Waals surface area contributed by atoms with Gasteiger partial charge in [-0.25, -0.2) is 0 Å². The van der Waals surface area contributed by atoms with Crippen molar-refractivity contribution >= 4 is 0 Å². The lowest BCUT2D eigenvalue weighted by molar-refractivity contribution is 0.0525. The van der Waals surface area contributed by atoms with E-state index in [-0.39, 0.29) is 13.2 Å². The van der Waals surface area contributed by atoms with Crippen LogP contribution in [0.25, 0.3) is 0 Å². The smallest absolute Gasteiger partial charge is 0.161 e. The Bertz CT molecular complexity index is 301. The van der Waals surface area contributed by atoms with Crippen molar-refractivity contribution in [3.8, 4) is 11.5 Å². The minimum absolute atomic E-state index is 0.0585. The van der Waals surface area contributed by atoms with E-state index in [2.05, 4.69) is 0 Å². The van der Waals surface area contributed by atoms with E-state index in [4.69, 9.17) is 14.6 Å². The van der Waals surface area contributed by atoms with Gasteiger partial charge in [-0.1, -0.05) is 19.1 Å². The second-order valence-electron chi connectivity index (χ2n) is 3.44. The van der Waals surface area contributed by atoms with Crippen molar-refractivity contribution in [2.75, 3.05) is 19.8 Å². The van der Waals surface area contributed by atoms with Gasteiger partial charge in [-0.2, -0.15) is 0 Å².